The molecule has 0 amide bonds. The first-order valence-corrected chi connectivity index (χ1v) is 8.63. The molecule has 126 valence electrons. The number of thiophene rings is 1. The number of nitrogens with two attached hydrogens (primary N) is 1. The molecular formula is C17H17N6OS+. The van der Waals surface area contributed by atoms with Crippen molar-refractivity contribution >= 4 is 17.2 Å². The summed E-state index contributed by atoms with van der Waals surface area (Å²) >= 11 is 1.55. The molecule has 0 aliphatic rings. The van der Waals surface area contributed by atoms with Gasteiger partial charge in [-0.05, 0) is 47.6 Å². The Morgan fingerprint density at radius 1 is 1.20 bits per heavy atom. The predicted molar refractivity (Wildman–Crippen MR) is 95.2 cm³/mol. The fourth-order valence-electron chi connectivity index (χ4n) is 2.73. The van der Waals surface area contributed by atoms with Crippen LogP contribution in [0.15, 0.2) is 40.2 Å². The number of hydrogen-bond donors (Lipinski definition) is 1. The van der Waals surface area contributed by atoms with E-state index in [0.29, 0.717) is 23.2 Å². The minimum absolute atomic E-state index is 0.306. The van der Waals surface area contributed by atoms with Gasteiger partial charge in [0.05, 0.1) is 11.9 Å². The summed E-state index contributed by atoms with van der Waals surface area (Å²) in [6.45, 7) is 4.13. The molecule has 0 aliphatic carbocycles. The molecule has 2 N–H and O–H groups in total. The summed E-state index contributed by atoms with van der Waals surface area (Å²) in [6.07, 6.45) is 0. The molecule has 7 nitrogen and oxygen atoms in total. The van der Waals surface area contributed by atoms with Crippen molar-refractivity contribution in [2.45, 2.75) is 13.8 Å². The summed E-state index contributed by atoms with van der Waals surface area (Å²) in [7, 11) is 1.83. The molecule has 8 heteroatoms. The van der Waals surface area contributed by atoms with Crippen molar-refractivity contribution in [3.05, 3.63) is 46.8 Å². The van der Waals surface area contributed by atoms with Gasteiger partial charge in [0.1, 0.15) is 5.69 Å². The van der Waals surface area contributed by atoms with Gasteiger partial charge in [0.2, 0.25) is 5.82 Å². The van der Waals surface area contributed by atoms with Crippen LogP contribution in [0.5, 0.6) is 0 Å². The molecule has 1 aromatic carbocycles. The Bertz CT molecular complexity index is 1050. The molecule has 3 heterocycles. The third-order valence-electron chi connectivity index (χ3n) is 4.18. The number of nitrogens with zero attached hydrogens (tertiary/aromatic N) is 5. The lowest BCUT2D eigenvalue weighted by Crippen LogP contribution is -2.42. The molecule has 0 atom stereocenters. The average molecular weight is 353 g/mol. The van der Waals surface area contributed by atoms with Crippen molar-refractivity contribution in [1.82, 2.24) is 20.0 Å². The highest BCUT2D eigenvalue weighted by molar-refractivity contribution is 7.13. The highest BCUT2D eigenvalue weighted by Crippen LogP contribution is 2.26. The van der Waals surface area contributed by atoms with Gasteiger partial charge in [-0.1, -0.05) is 28.2 Å². The van der Waals surface area contributed by atoms with Crippen LogP contribution in [0.3, 0.4) is 0 Å². The second-order valence-corrected chi connectivity index (χ2v) is 6.70. The van der Waals surface area contributed by atoms with E-state index in [1.165, 1.54) is 5.56 Å². The van der Waals surface area contributed by atoms with E-state index in [2.05, 4.69) is 35.2 Å². The Labute approximate surface area is 148 Å². The quantitative estimate of drug-likeness (QED) is 0.572. The van der Waals surface area contributed by atoms with Crippen molar-refractivity contribution in [2.24, 2.45) is 7.05 Å². The van der Waals surface area contributed by atoms with Gasteiger partial charge in [-0.2, -0.15) is 4.98 Å². The minimum atomic E-state index is 0.306. The van der Waals surface area contributed by atoms with E-state index in [0.717, 1.165) is 16.1 Å². The van der Waals surface area contributed by atoms with Gasteiger partial charge in [-0.3, -0.25) is 0 Å². The lowest BCUT2D eigenvalue weighted by atomic mass is 10.1. The van der Waals surface area contributed by atoms with E-state index >= 15 is 0 Å². The van der Waals surface area contributed by atoms with Gasteiger partial charge in [0.25, 0.3) is 5.82 Å². The number of aromatic nitrogens is 5. The van der Waals surface area contributed by atoms with Gasteiger partial charge in [-0.15, -0.1) is 16.0 Å². The van der Waals surface area contributed by atoms with Crippen molar-refractivity contribution in [3.8, 4) is 28.0 Å². The first-order chi connectivity index (χ1) is 12.1. The normalized spacial score (nSPS) is 11.2. The Morgan fingerprint density at radius 3 is 2.80 bits per heavy atom. The summed E-state index contributed by atoms with van der Waals surface area (Å²) in [5.74, 6) is 1.30. The SMILES string of the molecule is Cc1cccc(-[n+]2c(N)c(-c3nc(-c4cccs4)no3)nn2C)c1C. The van der Waals surface area contributed by atoms with Crippen molar-refractivity contribution in [3.63, 3.8) is 0 Å². The minimum Gasteiger partial charge on any atom is -0.330 e. The molecular weight excluding hydrogens is 336 g/mol. The summed E-state index contributed by atoms with van der Waals surface area (Å²) in [6, 6.07) is 9.96. The highest BCUT2D eigenvalue weighted by Gasteiger charge is 2.29. The van der Waals surface area contributed by atoms with Crippen LogP contribution in [0.1, 0.15) is 11.1 Å². The van der Waals surface area contributed by atoms with Crippen molar-refractivity contribution in [2.75, 3.05) is 5.73 Å². The predicted octanol–water partition coefficient (Wildman–Crippen LogP) is 2.67. The van der Waals surface area contributed by atoms with Crippen LogP contribution in [0.4, 0.5) is 5.82 Å². The number of anilines is 1. The number of benzene rings is 1. The number of hydrogen-bond acceptors (Lipinski definition) is 6. The van der Waals surface area contributed by atoms with Crippen molar-refractivity contribution < 1.29 is 9.20 Å². The van der Waals surface area contributed by atoms with Crippen LogP contribution in [0.25, 0.3) is 28.0 Å². The molecule has 4 aromatic rings. The molecule has 0 unspecified atom stereocenters. The number of nitrogen functional groups attached to an aromatic ring is 1. The second-order valence-electron chi connectivity index (χ2n) is 5.75. The Balaban J connectivity index is 1.82. The van der Waals surface area contributed by atoms with E-state index in [4.69, 9.17) is 10.3 Å². The van der Waals surface area contributed by atoms with Gasteiger partial charge >= 0.3 is 11.6 Å². The number of rotatable bonds is 3. The molecule has 0 aliphatic heterocycles. The molecule has 0 spiro atoms. The standard InChI is InChI=1S/C17H16N6OS/c1-10-6-4-7-12(11(10)2)23-15(18)14(20-22(23)3)17-19-16(21-24-17)13-8-5-9-25-13/h4-9,18H,1-3H3/p+1. The number of aryl methyl sites for hydroxylation is 2. The van der Waals surface area contributed by atoms with Gasteiger partial charge in [-0.25, -0.2) is 0 Å². The Kier molecular flexibility index (Phi) is 3.61. The fraction of sp³-hybridized carbons (Fsp3) is 0.176. The first-order valence-electron chi connectivity index (χ1n) is 7.75. The van der Waals surface area contributed by atoms with Gasteiger partial charge in [0, 0.05) is 0 Å². The monoisotopic (exact) mass is 353 g/mol. The zero-order valence-electron chi connectivity index (χ0n) is 14.1. The molecule has 0 saturated heterocycles. The molecule has 0 fully saturated rings. The molecule has 0 saturated carbocycles. The maximum absolute atomic E-state index is 6.37. The lowest BCUT2D eigenvalue weighted by molar-refractivity contribution is -0.674. The van der Waals surface area contributed by atoms with Crippen LogP contribution in [0, 0.1) is 13.8 Å². The van der Waals surface area contributed by atoms with Crippen LogP contribution < -0.4 is 10.4 Å². The molecule has 0 bridgehead atoms. The van der Waals surface area contributed by atoms with Crippen LogP contribution in [-0.4, -0.2) is 20.0 Å². The van der Waals surface area contributed by atoms with E-state index < -0.39 is 0 Å². The topological polar surface area (TPSA) is 86.6 Å². The molecule has 0 radical (unpaired) electrons. The van der Waals surface area contributed by atoms with E-state index in [9.17, 15) is 0 Å². The molecule has 3 aromatic heterocycles. The Hall–Kier alpha value is -3.00. The maximum atomic E-state index is 6.37. The summed E-state index contributed by atoms with van der Waals surface area (Å²) in [5, 5.41) is 10.5. The van der Waals surface area contributed by atoms with Crippen molar-refractivity contribution in [1.29, 1.82) is 0 Å². The Morgan fingerprint density at radius 2 is 2.04 bits per heavy atom. The summed E-state index contributed by atoms with van der Waals surface area (Å²) in [5.41, 5.74) is 10.1. The van der Waals surface area contributed by atoms with E-state index in [1.54, 1.807) is 16.1 Å². The largest absolute Gasteiger partial charge is 0.330 e. The average Bonchev–Trinajstić information content (AvgIpc) is 3.31. The van der Waals surface area contributed by atoms with Crippen LogP contribution >= 0.6 is 11.3 Å². The zero-order chi connectivity index (χ0) is 17.6. The smallest absolute Gasteiger partial charge is 0.303 e. The lowest BCUT2D eigenvalue weighted by Gasteiger charge is -2.07. The van der Waals surface area contributed by atoms with E-state index in [-0.39, 0.29) is 0 Å². The highest BCUT2D eigenvalue weighted by atomic mass is 32.1. The maximum Gasteiger partial charge on any atom is 0.303 e. The first kappa shape index (κ1) is 15.5. The van der Waals surface area contributed by atoms with Crippen LogP contribution in [0.2, 0.25) is 0 Å². The van der Waals surface area contributed by atoms with Gasteiger partial charge < -0.3 is 10.3 Å². The van der Waals surface area contributed by atoms with Gasteiger partial charge in [0.15, 0.2) is 0 Å². The fourth-order valence-corrected chi connectivity index (χ4v) is 3.37. The summed E-state index contributed by atoms with van der Waals surface area (Å²) < 4.78 is 7.23. The zero-order valence-corrected chi connectivity index (χ0v) is 14.9. The molecule has 4 rings (SSSR count). The van der Waals surface area contributed by atoms with Crippen LogP contribution in [-0.2, 0) is 7.05 Å². The summed E-state index contributed by atoms with van der Waals surface area (Å²) in [4.78, 5) is 7.05. The third kappa shape index (κ3) is 2.51. The van der Waals surface area contributed by atoms with E-state index in [1.807, 2.05) is 41.4 Å². The third-order valence-corrected chi connectivity index (χ3v) is 5.05. The molecule has 25 heavy (non-hydrogen) atoms. The second kappa shape index (κ2) is 5.82.